The molecule has 1 saturated carbocycles. The molecule has 2 atom stereocenters. The number of anilines is 1. The Bertz CT molecular complexity index is 764. The van der Waals surface area contributed by atoms with Crippen LogP contribution < -0.4 is 5.32 Å². The number of thiophene rings is 1. The molecule has 0 radical (unpaired) electrons. The Balaban J connectivity index is 1.66. The molecule has 6 heteroatoms. The third-order valence-electron chi connectivity index (χ3n) is 4.49. The van der Waals surface area contributed by atoms with Gasteiger partial charge in [0.15, 0.2) is 11.5 Å². The summed E-state index contributed by atoms with van der Waals surface area (Å²) in [4.78, 5) is 0. The summed E-state index contributed by atoms with van der Waals surface area (Å²) in [6.45, 7) is 2.32. The number of fused-ring (bicyclic) bond motifs is 1. The molecule has 0 amide bonds. The van der Waals surface area contributed by atoms with Crippen LogP contribution >= 0.6 is 11.3 Å². The fourth-order valence-corrected chi connectivity index (χ4v) is 3.79. The quantitative estimate of drug-likeness (QED) is 0.798. The molecular formula is C16H19N5S. The Kier molecular flexibility index (Phi) is 3.54. The predicted molar refractivity (Wildman–Crippen MR) is 89.1 cm³/mol. The van der Waals surface area contributed by atoms with Crippen molar-refractivity contribution in [2.45, 2.75) is 38.6 Å². The zero-order valence-electron chi connectivity index (χ0n) is 12.6. The summed E-state index contributed by atoms with van der Waals surface area (Å²) in [5, 5.41) is 20.9. The van der Waals surface area contributed by atoms with Crippen LogP contribution in [0.15, 0.2) is 29.0 Å². The summed E-state index contributed by atoms with van der Waals surface area (Å²) in [6, 6.07) is 6.54. The number of nitrogens with zero attached hydrogens (tertiary/aromatic N) is 4. The average molecular weight is 313 g/mol. The van der Waals surface area contributed by atoms with E-state index in [9.17, 15) is 0 Å². The van der Waals surface area contributed by atoms with Gasteiger partial charge in [-0.1, -0.05) is 19.8 Å². The monoisotopic (exact) mass is 313 g/mol. The van der Waals surface area contributed by atoms with Crippen LogP contribution in [0.25, 0.3) is 17.0 Å². The lowest BCUT2D eigenvalue weighted by Gasteiger charge is -2.29. The summed E-state index contributed by atoms with van der Waals surface area (Å²) < 4.78 is 1.83. The lowest BCUT2D eigenvalue weighted by atomic mass is 9.86. The van der Waals surface area contributed by atoms with E-state index >= 15 is 0 Å². The molecule has 0 spiro atoms. The van der Waals surface area contributed by atoms with Crippen LogP contribution in [0.1, 0.15) is 32.6 Å². The summed E-state index contributed by atoms with van der Waals surface area (Å²) >= 11 is 1.65. The van der Waals surface area contributed by atoms with Gasteiger partial charge >= 0.3 is 0 Å². The van der Waals surface area contributed by atoms with Gasteiger partial charge in [0.2, 0.25) is 0 Å². The van der Waals surface area contributed by atoms with E-state index in [1.165, 1.54) is 25.7 Å². The van der Waals surface area contributed by atoms with Gasteiger partial charge in [0.25, 0.3) is 0 Å². The Hall–Kier alpha value is -1.95. The van der Waals surface area contributed by atoms with E-state index in [-0.39, 0.29) is 0 Å². The summed E-state index contributed by atoms with van der Waals surface area (Å²) in [7, 11) is 0. The first-order valence-corrected chi connectivity index (χ1v) is 8.77. The molecule has 1 N–H and O–H groups in total. The Labute approximate surface area is 133 Å². The number of aromatic nitrogens is 4. The van der Waals surface area contributed by atoms with Crippen LogP contribution in [0, 0.1) is 5.92 Å². The highest BCUT2D eigenvalue weighted by Gasteiger charge is 2.21. The Morgan fingerprint density at radius 3 is 2.91 bits per heavy atom. The minimum atomic E-state index is 0.514. The van der Waals surface area contributed by atoms with E-state index in [1.807, 2.05) is 28.1 Å². The fraction of sp³-hybridized carbons (Fsp3) is 0.438. The molecule has 3 aromatic rings. The van der Waals surface area contributed by atoms with Gasteiger partial charge in [-0.2, -0.15) is 15.9 Å². The zero-order valence-corrected chi connectivity index (χ0v) is 13.4. The SMILES string of the molecule is CC1CCCCC1Nc1ccc2nnc(-c3ccsc3)n2n1. The topological polar surface area (TPSA) is 55.1 Å². The van der Waals surface area contributed by atoms with E-state index in [1.54, 1.807) is 11.3 Å². The van der Waals surface area contributed by atoms with Crippen molar-refractivity contribution >= 4 is 22.8 Å². The smallest absolute Gasteiger partial charge is 0.186 e. The van der Waals surface area contributed by atoms with Crippen molar-refractivity contribution in [3.05, 3.63) is 29.0 Å². The first kappa shape index (κ1) is 13.7. The predicted octanol–water partition coefficient (Wildman–Crippen LogP) is 3.84. The normalized spacial score (nSPS) is 22.0. The molecule has 5 nitrogen and oxygen atoms in total. The molecule has 1 aliphatic rings. The van der Waals surface area contributed by atoms with E-state index in [0.717, 1.165) is 22.9 Å². The third-order valence-corrected chi connectivity index (χ3v) is 5.17. The van der Waals surface area contributed by atoms with Crippen LogP contribution in [0.5, 0.6) is 0 Å². The number of nitrogens with one attached hydrogen (secondary N) is 1. The van der Waals surface area contributed by atoms with Crippen LogP contribution in [-0.2, 0) is 0 Å². The molecule has 1 aliphatic carbocycles. The first-order valence-electron chi connectivity index (χ1n) is 7.83. The Morgan fingerprint density at radius 2 is 2.09 bits per heavy atom. The van der Waals surface area contributed by atoms with Gasteiger partial charge < -0.3 is 5.32 Å². The fourth-order valence-electron chi connectivity index (χ4n) is 3.16. The van der Waals surface area contributed by atoms with E-state index in [4.69, 9.17) is 5.10 Å². The number of rotatable bonds is 3. The van der Waals surface area contributed by atoms with Crippen LogP contribution in [0.2, 0.25) is 0 Å². The maximum Gasteiger partial charge on any atom is 0.186 e. The van der Waals surface area contributed by atoms with Crippen molar-refractivity contribution in [1.82, 2.24) is 19.8 Å². The van der Waals surface area contributed by atoms with Crippen molar-refractivity contribution in [1.29, 1.82) is 0 Å². The van der Waals surface area contributed by atoms with Gasteiger partial charge in [-0.3, -0.25) is 0 Å². The first-order chi connectivity index (χ1) is 10.8. The van der Waals surface area contributed by atoms with Gasteiger partial charge in [-0.05, 0) is 42.3 Å². The minimum Gasteiger partial charge on any atom is -0.366 e. The molecule has 3 aromatic heterocycles. The van der Waals surface area contributed by atoms with Crippen molar-refractivity contribution in [3.8, 4) is 11.4 Å². The molecule has 2 unspecified atom stereocenters. The number of hydrogen-bond acceptors (Lipinski definition) is 5. The molecule has 22 heavy (non-hydrogen) atoms. The largest absolute Gasteiger partial charge is 0.366 e. The highest BCUT2D eigenvalue weighted by Crippen LogP contribution is 2.27. The number of hydrogen-bond donors (Lipinski definition) is 1. The molecule has 114 valence electrons. The lowest BCUT2D eigenvalue weighted by molar-refractivity contribution is 0.348. The van der Waals surface area contributed by atoms with Gasteiger partial charge in [0, 0.05) is 17.0 Å². The van der Waals surface area contributed by atoms with Gasteiger partial charge in [-0.25, -0.2) is 0 Å². The summed E-state index contributed by atoms with van der Waals surface area (Å²) in [5.74, 6) is 2.41. The highest BCUT2D eigenvalue weighted by atomic mass is 32.1. The molecule has 0 aliphatic heterocycles. The van der Waals surface area contributed by atoms with Crippen molar-refractivity contribution < 1.29 is 0 Å². The molecule has 4 rings (SSSR count). The average Bonchev–Trinajstić information content (AvgIpc) is 3.18. The second-order valence-electron chi connectivity index (χ2n) is 6.04. The van der Waals surface area contributed by atoms with E-state index in [2.05, 4.69) is 27.8 Å². The molecule has 1 fully saturated rings. The minimum absolute atomic E-state index is 0.514. The molecule has 0 aromatic carbocycles. The second kappa shape index (κ2) is 5.68. The molecule has 3 heterocycles. The molecule has 0 saturated heterocycles. The zero-order chi connectivity index (χ0) is 14.9. The van der Waals surface area contributed by atoms with Crippen molar-refractivity contribution in [2.24, 2.45) is 5.92 Å². The molecule has 0 bridgehead atoms. The van der Waals surface area contributed by atoms with Crippen molar-refractivity contribution in [3.63, 3.8) is 0 Å². The molecular weight excluding hydrogens is 294 g/mol. The lowest BCUT2D eigenvalue weighted by Crippen LogP contribution is -2.30. The van der Waals surface area contributed by atoms with Gasteiger partial charge in [0.05, 0.1) is 0 Å². The summed E-state index contributed by atoms with van der Waals surface area (Å²) in [6.07, 6.45) is 5.17. The van der Waals surface area contributed by atoms with Crippen LogP contribution in [0.4, 0.5) is 5.82 Å². The Morgan fingerprint density at radius 1 is 1.18 bits per heavy atom. The van der Waals surface area contributed by atoms with Crippen LogP contribution in [0.3, 0.4) is 0 Å². The third kappa shape index (κ3) is 2.47. The maximum atomic E-state index is 4.70. The van der Waals surface area contributed by atoms with Gasteiger partial charge in [-0.15, -0.1) is 15.3 Å². The van der Waals surface area contributed by atoms with Crippen molar-refractivity contribution in [2.75, 3.05) is 5.32 Å². The van der Waals surface area contributed by atoms with Gasteiger partial charge in [0.1, 0.15) is 5.82 Å². The van der Waals surface area contributed by atoms with Crippen LogP contribution in [-0.4, -0.2) is 25.9 Å². The summed E-state index contributed by atoms with van der Waals surface area (Å²) in [5.41, 5.74) is 1.84. The maximum absolute atomic E-state index is 4.70. The van der Waals surface area contributed by atoms with E-state index in [0.29, 0.717) is 12.0 Å². The van der Waals surface area contributed by atoms with E-state index < -0.39 is 0 Å². The second-order valence-corrected chi connectivity index (χ2v) is 6.82. The highest BCUT2D eigenvalue weighted by molar-refractivity contribution is 7.08. The standard InChI is InChI=1S/C16H19N5S/c1-11-4-2-3-5-13(11)17-14-6-7-15-18-19-16(21(15)20-14)12-8-9-22-10-12/h6-11,13H,2-5H2,1H3,(H,17,20).